The fourth-order valence-corrected chi connectivity index (χ4v) is 4.38. The molecule has 3 heterocycles. The molecule has 1 N–H and O–H groups in total. The van der Waals surface area contributed by atoms with Gasteiger partial charge in [-0.2, -0.15) is 0 Å². The maximum atomic E-state index is 4.16. The molecule has 0 saturated carbocycles. The van der Waals surface area contributed by atoms with Gasteiger partial charge in [-0.1, -0.05) is 34.9 Å². The second-order valence-corrected chi connectivity index (χ2v) is 7.95. The van der Waals surface area contributed by atoms with Crippen LogP contribution in [0.2, 0.25) is 0 Å². The molecule has 22 heavy (non-hydrogen) atoms. The van der Waals surface area contributed by atoms with Crippen molar-refractivity contribution in [2.75, 3.05) is 5.32 Å². The molecule has 112 valence electrons. The van der Waals surface area contributed by atoms with E-state index in [2.05, 4.69) is 80.1 Å². The van der Waals surface area contributed by atoms with Crippen LogP contribution in [0.3, 0.4) is 0 Å². The quantitative estimate of drug-likeness (QED) is 0.736. The van der Waals surface area contributed by atoms with Crippen molar-refractivity contribution in [3.8, 4) is 0 Å². The third-order valence-corrected chi connectivity index (χ3v) is 5.65. The molecule has 2 aromatic heterocycles. The first-order valence-corrected chi connectivity index (χ1v) is 8.68. The number of nitrogens with one attached hydrogen (secondary N) is 1. The largest absolute Gasteiger partial charge is 0.345 e. The summed E-state index contributed by atoms with van der Waals surface area (Å²) in [7, 11) is 0. The van der Waals surface area contributed by atoms with E-state index in [1.54, 1.807) is 11.3 Å². The van der Waals surface area contributed by atoms with E-state index in [1.807, 2.05) is 4.68 Å². The van der Waals surface area contributed by atoms with Gasteiger partial charge in [-0.15, -0.1) is 11.3 Å². The van der Waals surface area contributed by atoms with Gasteiger partial charge in [0.05, 0.1) is 15.9 Å². The van der Waals surface area contributed by atoms with Gasteiger partial charge in [-0.05, 0) is 57.4 Å². The summed E-state index contributed by atoms with van der Waals surface area (Å²) < 4.78 is 3.02. The Labute approximate surface area is 140 Å². The highest BCUT2D eigenvalue weighted by molar-refractivity contribution is 9.11. The summed E-state index contributed by atoms with van der Waals surface area (Å²) in [5.41, 5.74) is 2.50. The first-order chi connectivity index (χ1) is 10.7. The van der Waals surface area contributed by atoms with Crippen LogP contribution in [0.15, 0.2) is 40.2 Å². The number of halogens is 1. The average molecular weight is 376 g/mol. The predicted molar refractivity (Wildman–Crippen MR) is 90.1 cm³/mol. The van der Waals surface area contributed by atoms with Crippen LogP contribution < -0.4 is 5.32 Å². The Morgan fingerprint density at radius 1 is 1.32 bits per heavy atom. The molecule has 1 aliphatic rings. The van der Waals surface area contributed by atoms with Crippen molar-refractivity contribution in [3.05, 3.63) is 56.2 Å². The Bertz CT molecular complexity index is 812. The van der Waals surface area contributed by atoms with Crippen LogP contribution in [0.4, 0.5) is 5.95 Å². The van der Waals surface area contributed by atoms with E-state index in [0.29, 0.717) is 0 Å². The lowest BCUT2D eigenvalue weighted by atomic mass is 9.96. The standard InChI is InChI=1S/C15H14BrN5S/c1-9-3-2-4-10(7-9)12-8-11(13-5-6-14(16)22-13)17-15-18-19-20-21(12)15/h2-7,11-12H,8H2,1H3,(H,17,18,20)/t11-,12+/m0/s1. The van der Waals surface area contributed by atoms with Crippen LogP contribution in [-0.4, -0.2) is 20.2 Å². The molecule has 0 amide bonds. The zero-order valence-electron chi connectivity index (χ0n) is 11.9. The molecule has 2 atom stereocenters. The van der Waals surface area contributed by atoms with E-state index < -0.39 is 0 Å². The number of benzene rings is 1. The van der Waals surface area contributed by atoms with E-state index in [9.17, 15) is 0 Å². The fraction of sp³-hybridized carbons (Fsp3) is 0.267. The SMILES string of the molecule is Cc1cccc([C@H]2C[C@@H](c3ccc(Br)s3)Nc3nnnn32)c1. The molecule has 0 radical (unpaired) electrons. The van der Waals surface area contributed by atoms with Crippen LogP contribution in [0.5, 0.6) is 0 Å². The van der Waals surface area contributed by atoms with Gasteiger partial charge in [0.1, 0.15) is 0 Å². The summed E-state index contributed by atoms with van der Waals surface area (Å²) in [6, 6.07) is 13.2. The van der Waals surface area contributed by atoms with Gasteiger partial charge in [-0.25, -0.2) is 4.68 Å². The molecule has 0 unspecified atom stereocenters. The minimum Gasteiger partial charge on any atom is -0.345 e. The zero-order chi connectivity index (χ0) is 15.1. The Hall–Kier alpha value is -1.73. The Kier molecular flexibility index (Phi) is 3.46. The van der Waals surface area contributed by atoms with Gasteiger partial charge in [0.25, 0.3) is 0 Å². The molecular formula is C15H14BrN5S. The number of hydrogen-bond donors (Lipinski definition) is 1. The smallest absolute Gasteiger partial charge is 0.244 e. The van der Waals surface area contributed by atoms with E-state index in [0.717, 1.165) is 16.2 Å². The summed E-state index contributed by atoms with van der Waals surface area (Å²) in [5, 5.41) is 15.6. The van der Waals surface area contributed by atoms with Crippen molar-refractivity contribution in [1.29, 1.82) is 0 Å². The third-order valence-electron chi connectivity index (χ3n) is 3.91. The molecular weight excluding hydrogens is 362 g/mol. The summed E-state index contributed by atoms with van der Waals surface area (Å²) in [6.45, 7) is 2.11. The number of thiophene rings is 1. The van der Waals surface area contributed by atoms with Crippen LogP contribution in [0, 0.1) is 6.92 Å². The normalized spacial score (nSPS) is 20.5. The van der Waals surface area contributed by atoms with Crippen molar-refractivity contribution < 1.29 is 0 Å². The number of anilines is 1. The van der Waals surface area contributed by atoms with Gasteiger partial charge in [0.15, 0.2) is 0 Å². The van der Waals surface area contributed by atoms with Gasteiger partial charge in [0, 0.05) is 4.88 Å². The number of fused-ring (bicyclic) bond motifs is 1. The van der Waals surface area contributed by atoms with Crippen molar-refractivity contribution in [3.63, 3.8) is 0 Å². The lowest BCUT2D eigenvalue weighted by molar-refractivity contribution is 0.426. The minimum atomic E-state index is 0.150. The molecule has 0 bridgehead atoms. The highest BCUT2D eigenvalue weighted by atomic mass is 79.9. The van der Waals surface area contributed by atoms with Crippen LogP contribution >= 0.6 is 27.3 Å². The highest BCUT2D eigenvalue weighted by Crippen LogP contribution is 2.40. The lowest BCUT2D eigenvalue weighted by Gasteiger charge is -2.30. The topological polar surface area (TPSA) is 55.6 Å². The van der Waals surface area contributed by atoms with Crippen molar-refractivity contribution in [2.45, 2.75) is 25.4 Å². The Balaban J connectivity index is 1.75. The molecule has 0 aliphatic carbocycles. The van der Waals surface area contributed by atoms with Crippen LogP contribution in [0.1, 0.15) is 34.5 Å². The minimum absolute atomic E-state index is 0.150. The van der Waals surface area contributed by atoms with E-state index in [4.69, 9.17) is 0 Å². The Morgan fingerprint density at radius 2 is 2.23 bits per heavy atom. The summed E-state index contributed by atoms with van der Waals surface area (Å²) in [4.78, 5) is 1.29. The first-order valence-electron chi connectivity index (χ1n) is 7.07. The number of aromatic nitrogens is 4. The predicted octanol–water partition coefficient (Wildman–Crippen LogP) is 3.95. The van der Waals surface area contributed by atoms with Crippen molar-refractivity contribution >= 4 is 33.2 Å². The van der Waals surface area contributed by atoms with Gasteiger partial charge < -0.3 is 5.32 Å². The number of tetrazole rings is 1. The fourth-order valence-electron chi connectivity index (χ4n) is 2.89. The number of aryl methyl sites for hydroxylation is 1. The highest BCUT2D eigenvalue weighted by Gasteiger charge is 2.31. The number of nitrogens with zero attached hydrogens (tertiary/aromatic N) is 4. The molecule has 5 nitrogen and oxygen atoms in total. The van der Waals surface area contributed by atoms with Crippen LogP contribution in [0.25, 0.3) is 0 Å². The van der Waals surface area contributed by atoms with E-state index in [1.165, 1.54) is 16.0 Å². The molecule has 1 aromatic carbocycles. The third kappa shape index (κ3) is 2.44. The molecule has 0 saturated heterocycles. The second kappa shape index (κ2) is 5.48. The first kappa shape index (κ1) is 13.9. The van der Waals surface area contributed by atoms with E-state index >= 15 is 0 Å². The lowest BCUT2D eigenvalue weighted by Crippen LogP contribution is -2.27. The zero-order valence-corrected chi connectivity index (χ0v) is 14.3. The van der Waals surface area contributed by atoms with Crippen molar-refractivity contribution in [1.82, 2.24) is 20.2 Å². The average Bonchev–Trinajstić information content (AvgIpc) is 3.14. The molecule has 0 fully saturated rings. The van der Waals surface area contributed by atoms with Gasteiger partial charge in [0.2, 0.25) is 5.95 Å². The summed E-state index contributed by atoms with van der Waals surface area (Å²) in [6.07, 6.45) is 0.925. The van der Waals surface area contributed by atoms with Crippen molar-refractivity contribution in [2.24, 2.45) is 0 Å². The van der Waals surface area contributed by atoms with Gasteiger partial charge >= 0.3 is 0 Å². The molecule has 4 rings (SSSR count). The summed E-state index contributed by atoms with van der Waals surface area (Å²) in [5.74, 6) is 0.729. The van der Waals surface area contributed by atoms with Crippen LogP contribution in [-0.2, 0) is 0 Å². The molecule has 1 aliphatic heterocycles. The molecule has 7 heteroatoms. The maximum Gasteiger partial charge on any atom is 0.244 e. The van der Waals surface area contributed by atoms with Gasteiger partial charge in [-0.3, -0.25) is 0 Å². The summed E-state index contributed by atoms with van der Waals surface area (Å²) >= 11 is 5.29. The monoisotopic (exact) mass is 375 g/mol. The number of rotatable bonds is 2. The second-order valence-electron chi connectivity index (χ2n) is 5.45. The molecule has 0 spiro atoms. The Morgan fingerprint density at radius 3 is 3.00 bits per heavy atom. The van der Waals surface area contributed by atoms with E-state index in [-0.39, 0.29) is 12.1 Å². The molecule has 3 aromatic rings. The maximum absolute atomic E-state index is 4.16. The number of hydrogen-bond acceptors (Lipinski definition) is 5.